The topological polar surface area (TPSA) is 40.5 Å². The third-order valence-corrected chi connectivity index (χ3v) is 10.2. The molecule has 0 saturated heterocycles. The van der Waals surface area contributed by atoms with E-state index in [9.17, 15) is 10.2 Å². The van der Waals surface area contributed by atoms with Gasteiger partial charge in [-0.05, 0) is 26.8 Å². The maximum absolute atomic E-state index is 10.4. The first-order valence-electron chi connectivity index (χ1n) is 6.09. The third-order valence-electron chi connectivity index (χ3n) is 4.29. The Balaban J connectivity index is 4.82. The van der Waals surface area contributed by atoms with Crippen molar-refractivity contribution in [3.05, 3.63) is 0 Å². The van der Waals surface area contributed by atoms with E-state index in [0.717, 1.165) is 6.04 Å². The molecule has 2 N–H and O–H groups in total. The zero-order chi connectivity index (χ0) is 12.3. The van der Waals surface area contributed by atoms with Gasteiger partial charge in [0.05, 0.1) is 19.3 Å². The van der Waals surface area contributed by atoms with Crippen molar-refractivity contribution in [3.63, 3.8) is 0 Å². The van der Waals surface area contributed by atoms with Gasteiger partial charge in [0, 0.05) is 0 Å². The molecule has 0 aromatic rings. The number of rotatable bonds is 6. The summed E-state index contributed by atoms with van der Waals surface area (Å²) in [6, 6.07) is 4.36. The van der Waals surface area contributed by atoms with Crippen LogP contribution in [0.3, 0.4) is 0 Å². The molecule has 2 nitrogen and oxygen atoms in total. The summed E-state index contributed by atoms with van der Waals surface area (Å²) >= 11 is 0. The summed E-state index contributed by atoms with van der Waals surface area (Å²) in [6.45, 7) is 11.8. The Kier molecular flexibility index (Phi) is 5.02. The fraction of sp³-hybridized carbons (Fsp3) is 1.00. The van der Waals surface area contributed by atoms with Crippen molar-refractivity contribution in [2.45, 2.75) is 76.9 Å². The Labute approximate surface area is 95.7 Å². The molecule has 92 valence electrons. The minimum Gasteiger partial charge on any atom is -0.388 e. The summed E-state index contributed by atoms with van der Waals surface area (Å²) < 4.78 is 0. The van der Waals surface area contributed by atoms with Gasteiger partial charge in [-0.25, -0.2) is 0 Å². The predicted molar refractivity (Wildman–Crippen MR) is 68.9 cm³/mol. The molecule has 1 atom stereocenters. The lowest BCUT2D eigenvalue weighted by atomic mass is 9.90. The van der Waals surface area contributed by atoms with Gasteiger partial charge in [-0.2, -0.15) is 0 Å². The van der Waals surface area contributed by atoms with Crippen LogP contribution in [-0.4, -0.2) is 29.5 Å². The fourth-order valence-electron chi connectivity index (χ4n) is 2.07. The highest BCUT2D eigenvalue weighted by molar-refractivity contribution is 6.79. The summed E-state index contributed by atoms with van der Waals surface area (Å²) in [6.07, 6.45) is 0. The van der Waals surface area contributed by atoms with Gasteiger partial charge in [-0.1, -0.05) is 38.9 Å². The normalized spacial score (nSPS) is 17.6. The van der Waals surface area contributed by atoms with Gasteiger partial charge in [0.25, 0.3) is 0 Å². The standard InChI is InChI=1S/C12H28O2Si/c1-7-15(8-2,9-3)10-12(6,14)11(4,5)13/h13-14H,7-10H2,1-6H3. The molecule has 0 amide bonds. The lowest BCUT2D eigenvalue weighted by Gasteiger charge is -2.42. The van der Waals surface area contributed by atoms with Gasteiger partial charge >= 0.3 is 0 Å². The Bertz CT molecular complexity index is 182. The molecule has 0 spiro atoms. The lowest BCUT2D eigenvalue weighted by molar-refractivity contribution is -0.108. The van der Waals surface area contributed by atoms with E-state index in [4.69, 9.17) is 0 Å². The SMILES string of the molecule is CC[Si](CC)(CC)CC(C)(O)C(C)(C)O. The van der Waals surface area contributed by atoms with Gasteiger partial charge in [0.1, 0.15) is 0 Å². The highest BCUT2D eigenvalue weighted by atomic mass is 28.3. The van der Waals surface area contributed by atoms with E-state index in [1.54, 1.807) is 20.8 Å². The van der Waals surface area contributed by atoms with Gasteiger partial charge in [-0.15, -0.1) is 0 Å². The molecule has 0 radical (unpaired) electrons. The predicted octanol–water partition coefficient (Wildman–Crippen LogP) is 3.02. The molecule has 0 aromatic carbocycles. The molecule has 15 heavy (non-hydrogen) atoms. The van der Waals surface area contributed by atoms with Gasteiger partial charge in [0.2, 0.25) is 0 Å². The average molecular weight is 232 g/mol. The van der Waals surface area contributed by atoms with Crippen LogP contribution in [0, 0.1) is 0 Å². The van der Waals surface area contributed by atoms with E-state index in [1.165, 1.54) is 18.1 Å². The lowest BCUT2D eigenvalue weighted by Crippen LogP contribution is -2.53. The van der Waals surface area contributed by atoms with E-state index < -0.39 is 19.3 Å². The third kappa shape index (κ3) is 3.57. The van der Waals surface area contributed by atoms with Crippen LogP contribution in [0.25, 0.3) is 0 Å². The second-order valence-electron chi connectivity index (χ2n) is 5.57. The highest BCUT2D eigenvalue weighted by Crippen LogP contribution is 2.36. The fourth-order valence-corrected chi connectivity index (χ4v) is 6.21. The number of hydrogen-bond donors (Lipinski definition) is 2. The summed E-state index contributed by atoms with van der Waals surface area (Å²) in [4.78, 5) is 0. The Morgan fingerprint density at radius 2 is 1.20 bits per heavy atom. The quantitative estimate of drug-likeness (QED) is 0.691. The van der Waals surface area contributed by atoms with Crippen LogP contribution in [-0.2, 0) is 0 Å². The summed E-state index contributed by atoms with van der Waals surface area (Å²) in [5.41, 5.74) is -1.97. The first-order chi connectivity index (χ1) is 6.64. The summed E-state index contributed by atoms with van der Waals surface area (Å²) in [5.74, 6) is 0. The molecule has 0 rings (SSSR count). The van der Waals surface area contributed by atoms with Crippen molar-refractivity contribution in [3.8, 4) is 0 Å². The van der Waals surface area contributed by atoms with Crippen molar-refractivity contribution in [2.75, 3.05) is 0 Å². The molecule has 3 heteroatoms. The van der Waals surface area contributed by atoms with Crippen molar-refractivity contribution in [1.29, 1.82) is 0 Å². The largest absolute Gasteiger partial charge is 0.388 e. The maximum Gasteiger partial charge on any atom is 0.0877 e. The number of hydrogen-bond acceptors (Lipinski definition) is 2. The summed E-state index contributed by atoms with van der Waals surface area (Å²) in [7, 11) is -1.37. The van der Waals surface area contributed by atoms with Crippen LogP contribution in [0.2, 0.25) is 24.2 Å². The van der Waals surface area contributed by atoms with E-state index in [0.29, 0.717) is 0 Å². The van der Waals surface area contributed by atoms with Crippen LogP contribution in [0.1, 0.15) is 41.5 Å². The highest BCUT2D eigenvalue weighted by Gasteiger charge is 2.43. The van der Waals surface area contributed by atoms with Gasteiger partial charge in [0.15, 0.2) is 0 Å². The first-order valence-corrected chi connectivity index (χ1v) is 8.91. The molecule has 0 aromatic heterocycles. The van der Waals surface area contributed by atoms with Crippen molar-refractivity contribution in [1.82, 2.24) is 0 Å². The van der Waals surface area contributed by atoms with E-state index in [-0.39, 0.29) is 0 Å². The van der Waals surface area contributed by atoms with Crippen LogP contribution in [0.15, 0.2) is 0 Å². The second kappa shape index (κ2) is 4.98. The van der Waals surface area contributed by atoms with Crippen LogP contribution in [0.5, 0.6) is 0 Å². The number of aliphatic hydroxyl groups is 2. The van der Waals surface area contributed by atoms with Crippen molar-refractivity contribution >= 4 is 8.07 Å². The molecule has 0 fully saturated rings. The van der Waals surface area contributed by atoms with Gasteiger partial charge < -0.3 is 10.2 Å². The first kappa shape index (κ1) is 15.1. The Hall–Kier alpha value is 0.137. The zero-order valence-electron chi connectivity index (χ0n) is 11.2. The monoisotopic (exact) mass is 232 g/mol. The van der Waals surface area contributed by atoms with Crippen molar-refractivity contribution < 1.29 is 10.2 Å². The Morgan fingerprint density at radius 3 is 1.40 bits per heavy atom. The molecule has 0 saturated carbocycles. The molecule has 0 aliphatic rings. The van der Waals surface area contributed by atoms with E-state index >= 15 is 0 Å². The minimum absolute atomic E-state index is 0.799. The van der Waals surface area contributed by atoms with E-state index in [1.807, 2.05) is 0 Å². The summed E-state index contributed by atoms with van der Waals surface area (Å²) in [5, 5.41) is 20.3. The molecule has 1 unspecified atom stereocenters. The minimum atomic E-state index is -1.37. The molecule has 0 bridgehead atoms. The van der Waals surface area contributed by atoms with Crippen LogP contribution in [0.4, 0.5) is 0 Å². The van der Waals surface area contributed by atoms with Gasteiger partial charge in [-0.3, -0.25) is 0 Å². The Morgan fingerprint density at radius 1 is 0.867 bits per heavy atom. The maximum atomic E-state index is 10.4. The molecule has 0 aliphatic heterocycles. The van der Waals surface area contributed by atoms with Crippen LogP contribution >= 0.6 is 0 Å². The van der Waals surface area contributed by atoms with Crippen molar-refractivity contribution in [2.24, 2.45) is 0 Å². The molecular formula is C12H28O2Si. The van der Waals surface area contributed by atoms with Crippen LogP contribution < -0.4 is 0 Å². The smallest absolute Gasteiger partial charge is 0.0877 e. The average Bonchev–Trinajstić information content (AvgIpc) is 2.12. The second-order valence-corrected chi connectivity index (χ2v) is 11.0. The molecule has 0 aliphatic carbocycles. The molecule has 0 heterocycles. The van der Waals surface area contributed by atoms with E-state index in [2.05, 4.69) is 20.8 Å². The zero-order valence-corrected chi connectivity index (χ0v) is 12.2. The molecular weight excluding hydrogens is 204 g/mol.